The number of carbonyl (C=O) groups is 1. The van der Waals surface area contributed by atoms with Crippen LogP contribution in [0.1, 0.15) is 25.3 Å². The third-order valence-corrected chi connectivity index (χ3v) is 5.96. The molecular formula is C21H18FN5O2S. The van der Waals surface area contributed by atoms with Gasteiger partial charge in [-0.2, -0.15) is 4.98 Å². The van der Waals surface area contributed by atoms with Crippen LogP contribution < -0.4 is 15.4 Å². The van der Waals surface area contributed by atoms with Crippen molar-refractivity contribution >= 4 is 29.0 Å². The average molecular weight is 423 g/mol. The van der Waals surface area contributed by atoms with Crippen molar-refractivity contribution in [3.8, 4) is 17.1 Å². The molecule has 1 aromatic heterocycles. The number of benzene rings is 2. The highest BCUT2D eigenvalue weighted by Crippen LogP contribution is 2.46. The van der Waals surface area contributed by atoms with E-state index in [9.17, 15) is 9.18 Å². The number of fused-ring (bicyclic) bond motifs is 5. The van der Waals surface area contributed by atoms with E-state index in [0.717, 1.165) is 18.6 Å². The summed E-state index contributed by atoms with van der Waals surface area (Å²) in [6.07, 6.45) is 2.08. The molecule has 7 nitrogen and oxygen atoms in total. The normalized spacial score (nSPS) is 18.5. The number of halogens is 1. The lowest BCUT2D eigenvalue weighted by Crippen LogP contribution is -2.47. The van der Waals surface area contributed by atoms with Crippen molar-refractivity contribution in [2.24, 2.45) is 0 Å². The van der Waals surface area contributed by atoms with Gasteiger partial charge in [0.2, 0.25) is 11.0 Å². The van der Waals surface area contributed by atoms with Crippen molar-refractivity contribution in [2.75, 3.05) is 16.4 Å². The molecule has 0 radical (unpaired) electrons. The van der Waals surface area contributed by atoms with E-state index in [1.54, 1.807) is 0 Å². The summed E-state index contributed by atoms with van der Waals surface area (Å²) in [7, 11) is 0. The van der Waals surface area contributed by atoms with Crippen molar-refractivity contribution in [3.63, 3.8) is 0 Å². The molecule has 2 aliphatic heterocycles. The second kappa shape index (κ2) is 7.24. The van der Waals surface area contributed by atoms with Crippen LogP contribution in [0.15, 0.2) is 47.6 Å². The van der Waals surface area contributed by atoms with E-state index < -0.39 is 17.4 Å². The standard InChI is InChI=1S/C21H18FN5O2S/c1-2-3-10-30-20-24-18-17(26-27-20)13-6-4-5-7-15(13)25-21(29-18)14-11-12(22)8-9-16(14)23-19(21)28/h4-9,11,25H,2-3,10H2,1H3,(H,23,28). The lowest BCUT2D eigenvalue weighted by Gasteiger charge is -2.28. The smallest absolute Gasteiger partial charge is 0.295 e. The zero-order chi connectivity index (χ0) is 20.7. The number of nitrogens with one attached hydrogen (secondary N) is 2. The largest absolute Gasteiger partial charge is 0.435 e. The summed E-state index contributed by atoms with van der Waals surface area (Å²) < 4.78 is 20.3. The Morgan fingerprint density at radius 3 is 2.90 bits per heavy atom. The SMILES string of the molecule is CCCCSc1nnc2c(n1)OC1(Nc3ccccc3-2)C(=O)Nc2ccc(F)cc21. The third kappa shape index (κ3) is 2.97. The molecule has 0 aliphatic carbocycles. The predicted molar refractivity (Wildman–Crippen MR) is 112 cm³/mol. The van der Waals surface area contributed by atoms with Crippen LogP contribution in [0.3, 0.4) is 0 Å². The lowest BCUT2D eigenvalue weighted by atomic mass is 10.0. The van der Waals surface area contributed by atoms with Crippen LogP contribution in [0.2, 0.25) is 0 Å². The Bertz CT molecular complexity index is 1160. The molecule has 3 heterocycles. The maximum absolute atomic E-state index is 14.1. The summed E-state index contributed by atoms with van der Waals surface area (Å²) in [6.45, 7) is 2.11. The van der Waals surface area contributed by atoms with Crippen LogP contribution in [0.25, 0.3) is 11.3 Å². The van der Waals surface area contributed by atoms with Crippen LogP contribution in [-0.2, 0) is 10.5 Å². The van der Waals surface area contributed by atoms with Gasteiger partial charge in [0.1, 0.15) is 5.82 Å². The van der Waals surface area contributed by atoms with Gasteiger partial charge in [-0.1, -0.05) is 43.3 Å². The Labute approximate surface area is 176 Å². The molecule has 0 bridgehead atoms. The fourth-order valence-electron chi connectivity index (χ4n) is 3.54. The van der Waals surface area contributed by atoms with E-state index in [1.165, 1.54) is 30.0 Å². The first kappa shape index (κ1) is 18.8. The minimum Gasteiger partial charge on any atom is -0.435 e. The quantitative estimate of drug-likeness (QED) is 0.481. The minimum absolute atomic E-state index is 0.175. The molecule has 0 saturated carbocycles. The first-order valence-electron chi connectivity index (χ1n) is 9.66. The summed E-state index contributed by atoms with van der Waals surface area (Å²) in [4.78, 5) is 17.6. The number of nitrogens with zero attached hydrogens (tertiary/aromatic N) is 3. The number of anilines is 2. The summed E-state index contributed by atoms with van der Waals surface area (Å²) in [5.41, 5.74) is 0.911. The molecule has 1 unspecified atom stereocenters. The molecule has 2 aliphatic rings. The van der Waals surface area contributed by atoms with Gasteiger partial charge in [0.15, 0.2) is 5.69 Å². The molecule has 1 spiro atoms. The number of thioether (sulfide) groups is 1. The maximum Gasteiger partial charge on any atom is 0.295 e. The molecule has 9 heteroatoms. The Morgan fingerprint density at radius 1 is 1.17 bits per heavy atom. The van der Waals surface area contributed by atoms with E-state index in [1.807, 2.05) is 24.3 Å². The van der Waals surface area contributed by atoms with Crippen LogP contribution >= 0.6 is 11.8 Å². The monoisotopic (exact) mass is 423 g/mol. The van der Waals surface area contributed by atoms with Crippen molar-refractivity contribution in [2.45, 2.75) is 30.6 Å². The van der Waals surface area contributed by atoms with Gasteiger partial charge < -0.3 is 15.4 Å². The van der Waals surface area contributed by atoms with Gasteiger partial charge in [-0.05, 0) is 30.7 Å². The van der Waals surface area contributed by atoms with Crippen LogP contribution in [0.4, 0.5) is 15.8 Å². The molecule has 0 fully saturated rings. The van der Waals surface area contributed by atoms with E-state index >= 15 is 0 Å². The topological polar surface area (TPSA) is 89.0 Å². The predicted octanol–water partition coefficient (Wildman–Crippen LogP) is 4.18. The number of hydrogen-bond acceptors (Lipinski definition) is 7. The molecule has 30 heavy (non-hydrogen) atoms. The molecule has 1 amide bonds. The van der Waals surface area contributed by atoms with E-state index in [-0.39, 0.29) is 5.88 Å². The molecule has 2 N–H and O–H groups in total. The van der Waals surface area contributed by atoms with Crippen molar-refractivity contribution in [1.82, 2.24) is 15.2 Å². The summed E-state index contributed by atoms with van der Waals surface area (Å²) >= 11 is 1.48. The highest BCUT2D eigenvalue weighted by molar-refractivity contribution is 7.99. The Balaban J connectivity index is 1.67. The fourth-order valence-corrected chi connectivity index (χ4v) is 4.40. The molecule has 5 rings (SSSR count). The Morgan fingerprint density at radius 2 is 2.03 bits per heavy atom. The summed E-state index contributed by atoms with van der Waals surface area (Å²) in [5.74, 6) is 0.105. The fraction of sp³-hybridized carbons (Fsp3) is 0.238. The first-order chi connectivity index (χ1) is 14.6. The Hall–Kier alpha value is -3.20. The number of hydrogen-bond donors (Lipinski definition) is 2. The van der Waals surface area contributed by atoms with Crippen LogP contribution in [0, 0.1) is 5.82 Å². The zero-order valence-electron chi connectivity index (χ0n) is 16.1. The van der Waals surface area contributed by atoms with Crippen LogP contribution in [0.5, 0.6) is 5.88 Å². The molecule has 152 valence electrons. The number of ether oxygens (including phenoxy) is 1. The van der Waals surface area contributed by atoms with Crippen molar-refractivity contribution in [3.05, 3.63) is 53.8 Å². The van der Waals surface area contributed by atoms with Gasteiger partial charge in [-0.25, -0.2) is 4.39 Å². The van der Waals surface area contributed by atoms with Gasteiger partial charge in [0.25, 0.3) is 11.6 Å². The third-order valence-electron chi connectivity index (χ3n) is 5.04. The first-order valence-corrected chi connectivity index (χ1v) is 10.6. The zero-order valence-corrected chi connectivity index (χ0v) is 16.9. The number of unbranched alkanes of at least 4 members (excludes halogenated alkanes) is 1. The minimum atomic E-state index is -1.67. The molecule has 2 aromatic carbocycles. The number of rotatable bonds is 4. The van der Waals surface area contributed by atoms with Gasteiger partial charge in [-0.3, -0.25) is 4.79 Å². The second-order valence-corrected chi connectivity index (χ2v) is 8.11. The van der Waals surface area contributed by atoms with Gasteiger partial charge in [0.05, 0.1) is 11.3 Å². The van der Waals surface area contributed by atoms with Crippen molar-refractivity contribution in [1.29, 1.82) is 0 Å². The molecule has 1 atom stereocenters. The highest BCUT2D eigenvalue weighted by atomic mass is 32.2. The van der Waals surface area contributed by atoms with Gasteiger partial charge in [-0.15, -0.1) is 10.2 Å². The van der Waals surface area contributed by atoms with Gasteiger partial charge >= 0.3 is 0 Å². The second-order valence-electron chi connectivity index (χ2n) is 7.05. The van der Waals surface area contributed by atoms with E-state index in [4.69, 9.17) is 4.74 Å². The lowest BCUT2D eigenvalue weighted by molar-refractivity contribution is -0.128. The van der Waals surface area contributed by atoms with Crippen LogP contribution in [-0.4, -0.2) is 26.8 Å². The summed E-state index contributed by atoms with van der Waals surface area (Å²) in [6, 6.07) is 11.5. The molecule has 0 saturated heterocycles. The Kier molecular flexibility index (Phi) is 4.54. The molecule has 3 aromatic rings. The number of carbonyl (C=O) groups excluding carboxylic acids is 1. The highest BCUT2D eigenvalue weighted by Gasteiger charge is 2.52. The number of para-hydroxylation sites is 1. The molecular weight excluding hydrogens is 405 g/mol. The summed E-state index contributed by atoms with van der Waals surface area (Å²) in [5, 5.41) is 15.0. The van der Waals surface area contributed by atoms with Crippen molar-refractivity contribution < 1.29 is 13.9 Å². The van der Waals surface area contributed by atoms with Gasteiger partial charge in [0, 0.05) is 17.0 Å². The van der Waals surface area contributed by atoms with E-state index in [2.05, 4.69) is 32.7 Å². The number of amides is 1. The van der Waals surface area contributed by atoms with E-state index in [0.29, 0.717) is 33.4 Å². The number of aromatic nitrogens is 3. The average Bonchev–Trinajstić information content (AvgIpc) is 2.91. The maximum atomic E-state index is 14.1.